The summed E-state index contributed by atoms with van der Waals surface area (Å²) in [6, 6.07) is 12.3. The number of allylic oxidation sites excluding steroid dienone is 1. The zero-order chi connectivity index (χ0) is 17.4. The molecule has 0 bridgehead atoms. The second kappa shape index (κ2) is 6.25. The monoisotopic (exact) mass is 321 g/mol. The maximum Gasteiger partial charge on any atom is 0.0907 e. The molecule has 1 atom stereocenters. The van der Waals surface area contributed by atoms with Crippen LogP contribution in [0.25, 0.3) is 11.1 Å². The van der Waals surface area contributed by atoms with Crippen LogP contribution in [-0.2, 0) is 0 Å². The van der Waals surface area contributed by atoms with E-state index in [2.05, 4.69) is 38.1 Å². The summed E-state index contributed by atoms with van der Waals surface area (Å²) in [5.41, 5.74) is 9.02. The van der Waals surface area contributed by atoms with Crippen LogP contribution in [0.3, 0.4) is 0 Å². The highest BCUT2D eigenvalue weighted by molar-refractivity contribution is 6.34. The van der Waals surface area contributed by atoms with Gasteiger partial charge in [0.25, 0.3) is 0 Å². The minimum absolute atomic E-state index is 0.334. The molecule has 0 saturated heterocycles. The molecule has 124 valence electrons. The molecule has 24 heavy (non-hydrogen) atoms. The second-order valence-corrected chi connectivity index (χ2v) is 6.66. The molecule has 0 aromatic heterocycles. The van der Waals surface area contributed by atoms with E-state index in [4.69, 9.17) is 0 Å². The van der Waals surface area contributed by atoms with Crippen LogP contribution >= 0.6 is 0 Å². The summed E-state index contributed by atoms with van der Waals surface area (Å²) in [6.45, 7) is 8.31. The van der Waals surface area contributed by atoms with Crippen molar-refractivity contribution in [1.82, 2.24) is 0 Å². The Labute approximate surface area is 143 Å². The van der Waals surface area contributed by atoms with Gasteiger partial charge in [-0.2, -0.15) is 0 Å². The van der Waals surface area contributed by atoms with Crippen LogP contribution in [0, 0.1) is 27.7 Å². The van der Waals surface area contributed by atoms with E-state index >= 15 is 0 Å². The van der Waals surface area contributed by atoms with Gasteiger partial charge in [0, 0.05) is 12.0 Å². The van der Waals surface area contributed by atoms with Crippen molar-refractivity contribution in [3.05, 3.63) is 69.8 Å². The summed E-state index contributed by atoms with van der Waals surface area (Å²) in [5, 5.41) is 23.5. The molecule has 3 heteroatoms. The van der Waals surface area contributed by atoms with Crippen LogP contribution in [0.2, 0.25) is 0 Å². The fourth-order valence-electron chi connectivity index (χ4n) is 3.37. The average molecular weight is 321 g/mol. The van der Waals surface area contributed by atoms with E-state index in [0.717, 1.165) is 22.3 Å². The van der Waals surface area contributed by atoms with Crippen molar-refractivity contribution >= 4 is 16.9 Å². The van der Waals surface area contributed by atoms with Gasteiger partial charge in [0.2, 0.25) is 0 Å². The summed E-state index contributed by atoms with van der Waals surface area (Å²) in [6.07, 6.45) is -0.323. The van der Waals surface area contributed by atoms with Gasteiger partial charge in [-0.1, -0.05) is 47.1 Å². The first-order valence-corrected chi connectivity index (χ1v) is 8.21. The lowest BCUT2D eigenvalue weighted by atomic mass is 9.91. The Balaban J connectivity index is 2.27. The molecule has 0 saturated carbocycles. The van der Waals surface area contributed by atoms with Crippen LogP contribution in [0.15, 0.2) is 41.6 Å². The van der Waals surface area contributed by atoms with Crippen LogP contribution < -0.4 is 0 Å². The largest absolute Gasteiger partial charge is 0.411 e. The molecule has 1 aliphatic carbocycles. The number of oxime groups is 1. The maximum absolute atomic E-state index is 10.6. The third kappa shape index (κ3) is 2.76. The quantitative estimate of drug-likeness (QED) is 0.635. The van der Waals surface area contributed by atoms with Gasteiger partial charge in [0.1, 0.15) is 0 Å². The molecule has 0 amide bonds. The predicted molar refractivity (Wildman–Crippen MR) is 98.5 cm³/mol. The first kappa shape index (κ1) is 16.5. The van der Waals surface area contributed by atoms with Gasteiger partial charge in [0.15, 0.2) is 0 Å². The molecule has 1 aliphatic rings. The number of aliphatic hydroxyl groups is 1. The molecule has 1 unspecified atom stereocenters. The molecule has 2 N–H and O–H groups in total. The lowest BCUT2D eigenvalue weighted by molar-refractivity contribution is 0.242. The van der Waals surface area contributed by atoms with E-state index in [1.165, 1.54) is 22.3 Å². The number of benzene rings is 2. The zero-order valence-electron chi connectivity index (χ0n) is 14.6. The first-order valence-electron chi connectivity index (χ1n) is 8.21. The number of aliphatic hydroxyl groups excluding tert-OH is 1. The Morgan fingerprint density at radius 1 is 0.917 bits per heavy atom. The average Bonchev–Trinajstić information content (AvgIpc) is 2.89. The number of rotatable bonds is 2. The molecule has 0 aliphatic heterocycles. The summed E-state index contributed by atoms with van der Waals surface area (Å²) in [5.74, 6) is 0. The Morgan fingerprint density at radius 3 is 2.04 bits per heavy atom. The van der Waals surface area contributed by atoms with Crippen molar-refractivity contribution in [1.29, 1.82) is 0 Å². The van der Waals surface area contributed by atoms with E-state index in [1.54, 1.807) is 0 Å². The van der Waals surface area contributed by atoms with Gasteiger partial charge >= 0.3 is 0 Å². The highest BCUT2D eigenvalue weighted by Gasteiger charge is 2.31. The lowest BCUT2D eigenvalue weighted by Gasteiger charge is -2.14. The van der Waals surface area contributed by atoms with Gasteiger partial charge in [-0.15, -0.1) is 0 Å². The number of aryl methyl sites for hydroxylation is 3. The fourth-order valence-corrected chi connectivity index (χ4v) is 3.37. The first-order chi connectivity index (χ1) is 11.4. The molecule has 0 heterocycles. The minimum atomic E-state index is -0.657. The molecule has 2 aromatic carbocycles. The van der Waals surface area contributed by atoms with Crippen molar-refractivity contribution in [3.63, 3.8) is 0 Å². The molecular weight excluding hydrogens is 298 g/mol. The normalized spacial score (nSPS) is 19.4. The number of nitrogens with zero attached hydrogens (tertiary/aromatic N) is 1. The van der Waals surface area contributed by atoms with Crippen molar-refractivity contribution in [2.75, 3.05) is 0 Å². The molecule has 3 nitrogen and oxygen atoms in total. The Morgan fingerprint density at radius 2 is 1.50 bits per heavy atom. The zero-order valence-corrected chi connectivity index (χ0v) is 14.6. The smallest absolute Gasteiger partial charge is 0.0907 e. The summed E-state index contributed by atoms with van der Waals surface area (Å²) in [4.78, 5) is 0. The highest BCUT2D eigenvalue weighted by atomic mass is 16.4. The fraction of sp³-hybridized carbons (Fsp3) is 0.286. The van der Waals surface area contributed by atoms with Gasteiger partial charge in [-0.3, -0.25) is 0 Å². The molecule has 0 spiro atoms. The van der Waals surface area contributed by atoms with Crippen molar-refractivity contribution < 1.29 is 10.3 Å². The molecule has 2 aromatic rings. The van der Waals surface area contributed by atoms with Crippen LogP contribution in [0.1, 0.15) is 39.8 Å². The molecule has 0 fully saturated rings. The lowest BCUT2D eigenvalue weighted by Crippen LogP contribution is -2.05. The number of hydrogen-bond donors (Lipinski definition) is 2. The van der Waals surface area contributed by atoms with Gasteiger partial charge in [-0.25, -0.2) is 0 Å². The third-order valence-corrected chi connectivity index (χ3v) is 4.98. The van der Waals surface area contributed by atoms with Gasteiger partial charge in [0.05, 0.1) is 11.8 Å². The molecule has 3 rings (SSSR count). The van der Waals surface area contributed by atoms with Gasteiger partial charge < -0.3 is 10.3 Å². The van der Waals surface area contributed by atoms with Crippen molar-refractivity contribution in [2.45, 2.75) is 40.2 Å². The van der Waals surface area contributed by atoms with E-state index < -0.39 is 6.10 Å². The van der Waals surface area contributed by atoms with E-state index in [-0.39, 0.29) is 0 Å². The predicted octanol–water partition coefficient (Wildman–Crippen LogP) is 4.43. The molecular formula is C21H23NO2. The standard InChI is InChI=1S/C21H23NO2/c1-12-5-7-16(8-6-12)21-19(23)11-18(22-24)20(21)17-9-13(2)15(4)14(3)10-17/h5-10,19,23-24H,11H2,1-4H3/b22-18+. The van der Waals surface area contributed by atoms with Crippen molar-refractivity contribution in [3.8, 4) is 0 Å². The van der Waals surface area contributed by atoms with E-state index in [9.17, 15) is 10.3 Å². The summed E-state index contributed by atoms with van der Waals surface area (Å²) >= 11 is 0. The third-order valence-electron chi connectivity index (χ3n) is 4.98. The second-order valence-electron chi connectivity index (χ2n) is 6.66. The summed E-state index contributed by atoms with van der Waals surface area (Å²) < 4.78 is 0. The Bertz CT molecular complexity index is 822. The summed E-state index contributed by atoms with van der Waals surface area (Å²) in [7, 11) is 0. The van der Waals surface area contributed by atoms with E-state index in [1.807, 2.05) is 31.2 Å². The number of hydrogen-bond acceptors (Lipinski definition) is 3. The Hall–Kier alpha value is -2.39. The van der Waals surface area contributed by atoms with Gasteiger partial charge in [-0.05, 0) is 61.1 Å². The van der Waals surface area contributed by atoms with Crippen molar-refractivity contribution in [2.24, 2.45) is 5.16 Å². The highest BCUT2D eigenvalue weighted by Crippen LogP contribution is 2.39. The topological polar surface area (TPSA) is 52.8 Å². The van der Waals surface area contributed by atoms with Crippen LogP contribution in [-0.4, -0.2) is 22.1 Å². The van der Waals surface area contributed by atoms with Crippen LogP contribution in [0.4, 0.5) is 0 Å². The van der Waals surface area contributed by atoms with E-state index in [0.29, 0.717) is 12.1 Å². The van der Waals surface area contributed by atoms with Crippen LogP contribution in [0.5, 0.6) is 0 Å². The molecule has 0 radical (unpaired) electrons. The minimum Gasteiger partial charge on any atom is -0.411 e. The Kier molecular flexibility index (Phi) is 4.29. The SMILES string of the molecule is Cc1ccc(C2=C(c3cc(C)c(C)c(C)c3)/C(=N/O)CC2O)cc1. The maximum atomic E-state index is 10.6.